The Bertz CT molecular complexity index is 4250. The van der Waals surface area contributed by atoms with E-state index in [1.54, 1.807) is 0 Å². The molecule has 69 heavy (non-hydrogen) atoms. The Morgan fingerprint density at radius 1 is 0.246 bits per heavy atom. The van der Waals surface area contributed by atoms with Gasteiger partial charge in [0.15, 0.2) is 0 Å². The van der Waals surface area contributed by atoms with Crippen LogP contribution in [0.2, 0.25) is 0 Å². The van der Waals surface area contributed by atoms with Gasteiger partial charge in [0, 0.05) is 49.0 Å². The zero-order valence-electron chi connectivity index (χ0n) is 37.6. The zero-order chi connectivity index (χ0) is 45.4. The summed E-state index contributed by atoms with van der Waals surface area (Å²) in [6.45, 7) is 0. The minimum absolute atomic E-state index is 0.891. The molecule has 0 aliphatic rings. The second-order valence-corrected chi connectivity index (χ2v) is 17.9. The first kappa shape index (κ1) is 39.0. The van der Waals surface area contributed by atoms with Crippen molar-refractivity contribution in [1.82, 2.24) is 9.13 Å². The van der Waals surface area contributed by atoms with Gasteiger partial charge < -0.3 is 13.6 Å². The summed E-state index contributed by atoms with van der Waals surface area (Å²) in [7, 11) is 0. The Morgan fingerprint density at radius 2 is 0.681 bits per heavy atom. The van der Waals surface area contributed by atoms with E-state index in [0.717, 1.165) is 77.7 Å². The standard InChI is InChI=1S/C66H42N2O/c1-3-19-43(20-4-1)47-23-7-8-24-48(47)45-35-39-62-56(41-45)57-42-46(49-37-38-55-54-29-13-18-34-64(54)69-66(55)65(49)44-21-5-2-6-22-44)36-40-63(57)68(62)61-33-17-12-28-53(61)52-27-11-16-32-60(52)67-58-30-14-9-25-50(58)51-26-10-15-31-59(51)67/h1-42H. The van der Waals surface area contributed by atoms with Crippen molar-refractivity contribution in [1.29, 1.82) is 0 Å². The van der Waals surface area contributed by atoms with Gasteiger partial charge in [-0.25, -0.2) is 0 Å². The number of hydrogen-bond donors (Lipinski definition) is 0. The SMILES string of the molecule is c1ccc(-c2ccccc2-c2ccc3c(c2)c2cc(-c4ccc5c(oc6ccccc65)c4-c4ccccc4)ccc2n3-c2ccccc2-c2ccccc2-n2c3ccccc3c3ccccc32)cc1. The Kier molecular flexibility index (Phi) is 8.90. The van der Waals surface area contributed by atoms with Gasteiger partial charge in [-0.1, -0.05) is 194 Å². The predicted molar refractivity (Wildman–Crippen MR) is 290 cm³/mol. The van der Waals surface area contributed by atoms with Crippen molar-refractivity contribution < 1.29 is 4.42 Å². The molecule has 0 fully saturated rings. The van der Waals surface area contributed by atoms with E-state index in [-0.39, 0.29) is 0 Å². The average molecular weight is 879 g/mol. The normalized spacial score (nSPS) is 11.8. The molecule has 14 rings (SSSR count). The first-order valence-electron chi connectivity index (χ1n) is 23.7. The van der Waals surface area contributed by atoms with Crippen molar-refractivity contribution in [2.24, 2.45) is 0 Å². The minimum Gasteiger partial charge on any atom is -0.455 e. The molecule has 3 heterocycles. The lowest BCUT2D eigenvalue weighted by Gasteiger charge is -2.18. The first-order valence-corrected chi connectivity index (χ1v) is 23.7. The fourth-order valence-corrected chi connectivity index (χ4v) is 11.1. The van der Waals surface area contributed by atoms with Gasteiger partial charge in [-0.05, 0) is 99.6 Å². The van der Waals surface area contributed by atoms with Crippen molar-refractivity contribution in [3.8, 4) is 67.0 Å². The first-order chi connectivity index (χ1) is 34.3. The van der Waals surface area contributed by atoms with Crippen molar-refractivity contribution in [3.05, 3.63) is 255 Å². The molecule has 0 amide bonds. The van der Waals surface area contributed by atoms with Crippen LogP contribution in [0, 0.1) is 0 Å². The largest absolute Gasteiger partial charge is 0.455 e. The lowest BCUT2D eigenvalue weighted by molar-refractivity contribution is 0.670. The summed E-state index contributed by atoms with van der Waals surface area (Å²) in [6, 6.07) is 92.5. The van der Waals surface area contributed by atoms with E-state index < -0.39 is 0 Å². The molecule has 14 aromatic rings. The highest BCUT2D eigenvalue weighted by Gasteiger charge is 2.23. The van der Waals surface area contributed by atoms with Crippen LogP contribution in [0.5, 0.6) is 0 Å². The number of aromatic nitrogens is 2. The molecule has 0 bridgehead atoms. The van der Waals surface area contributed by atoms with Crippen LogP contribution in [-0.4, -0.2) is 9.13 Å². The monoisotopic (exact) mass is 878 g/mol. The highest BCUT2D eigenvalue weighted by molar-refractivity contribution is 6.16. The molecule has 0 spiro atoms. The van der Waals surface area contributed by atoms with Crippen LogP contribution in [0.25, 0.3) is 133 Å². The summed E-state index contributed by atoms with van der Waals surface area (Å²) in [5.41, 5.74) is 20.2. The maximum atomic E-state index is 6.77. The van der Waals surface area contributed by atoms with Gasteiger partial charge in [0.1, 0.15) is 11.2 Å². The molecule has 0 aliphatic heterocycles. The molecule has 3 heteroatoms. The quantitative estimate of drug-likeness (QED) is 0.156. The van der Waals surface area contributed by atoms with Crippen molar-refractivity contribution >= 4 is 65.6 Å². The molecule has 0 aliphatic carbocycles. The molecule has 0 saturated carbocycles. The molecule has 0 atom stereocenters. The Labute approximate surface area is 399 Å². The summed E-state index contributed by atoms with van der Waals surface area (Å²) >= 11 is 0. The van der Waals surface area contributed by atoms with Crippen molar-refractivity contribution in [2.75, 3.05) is 0 Å². The number of rotatable bonds is 7. The third kappa shape index (κ3) is 6.14. The lowest BCUT2D eigenvalue weighted by Crippen LogP contribution is -2.01. The van der Waals surface area contributed by atoms with Crippen LogP contribution in [0.4, 0.5) is 0 Å². The third-order valence-corrected chi connectivity index (χ3v) is 14.2. The molecular formula is C66H42N2O. The number of hydrogen-bond acceptors (Lipinski definition) is 1. The smallest absolute Gasteiger partial charge is 0.143 e. The Hall–Kier alpha value is -9.18. The predicted octanol–water partition coefficient (Wildman–Crippen LogP) is 18.1. The number of fused-ring (bicyclic) bond motifs is 9. The van der Waals surface area contributed by atoms with E-state index in [2.05, 4.69) is 258 Å². The molecular weight excluding hydrogens is 837 g/mol. The second-order valence-electron chi connectivity index (χ2n) is 17.9. The highest BCUT2D eigenvalue weighted by atomic mass is 16.3. The van der Waals surface area contributed by atoms with E-state index in [1.165, 1.54) is 54.8 Å². The Balaban J connectivity index is 1.04. The average Bonchev–Trinajstić information content (AvgIpc) is 4.08. The number of furan rings is 1. The van der Waals surface area contributed by atoms with Gasteiger partial charge in [-0.3, -0.25) is 0 Å². The van der Waals surface area contributed by atoms with E-state index in [1.807, 2.05) is 6.07 Å². The zero-order valence-corrected chi connectivity index (χ0v) is 37.6. The van der Waals surface area contributed by atoms with Gasteiger partial charge >= 0.3 is 0 Å². The Morgan fingerprint density at radius 3 is 1.28 bits per heavy atom. The van der Waals surface area contributed by atoms with Gasteiger partial charge in [-0.15, -0.1) is 0 Å². The summed E-state index contributed by atoms with van der Waals surface area (Å²) in [4.78, 5) is 0. The van der Waals surface area contributed by atoms with Crippen molar-refractivity contribution in [3.63, 3.8) is 0 Å². The molecule has 0 unspecified atom stereocenters. The highest BCUT2D eigenvalue weighted by Crippen LogP contribution is 2.46. The van der Waals surface area contributed by atoms with Crippen LogP contribution in [0.1, 0.15) is 0 Å². The van der Waals surface area contributed by atoms with Crippen LogP contribution >= 0.6 is 0 Å². The van der Waals surface area contributed by atoms with Gasteiger partial charge in [0.25, 0.3) is 0 Å². The fourth-order valence-electron chi connectivity index (χ4n) is 11.1. The number of benzene rings is 11. The molecule has 0 saturated heterocycles. The van der Waals surface area contributed by atoms with E-state index in [4.69, 9.17) is 4.42 Å². The maximum absolute atomic E-state index is 6.77. The maximum Gasteiger partial charge on any atom is 0.143 e. The summed E-state index contributed by atoms with van der Waals surface area (Å²) in [5.74, 6) is 0. The summed E-state index contributed by atoms with van der Waals surface area (Å²) < 4.78 is 11.7. The molecule has 0 radical (unpaired) electrons. The molecule has 3 aromatic heterocycles. The van der Waals surface area contributed by atoms with E-state index in [0.29, 0.717) is 0 Å². The van der Waals surface area contributed by atoms with Crippen LogP contribution in [-0.2, 0) is 0 Å². The molecule has 322 valence electrons. The lowest BCUT2D eigenvalue weighted by atomic mass is 9.91. The second kappa shape index (κ2) is 15.7. The van der Waals surface area contributed by atoms with E-state index in [9.17, 15) is 0 Å². The molecule has 3 nitrogen and oxygen atoms in total. The van der Waals surface area contributed by atoms with Gasteiger partial charge in [0.05, 0.1) is 33.4 Å². The molecule has 0 N–H and O–H groups in total. The van der Waals surface area contributed by atoms with Crippen LogP contribution in [0.15, 0.2) is 259 Å². The van der Waals surface area contributed by atoms with Crippen LogP contribution < -0.4 is 0 Å². The summed E-state index contributed by atoms with van der Waals surface area (Å²) in [5, 5.41) is 7.09. The van der Waals surface area contributed by atoms with Gasteiger partial charge in [-0.2, -0.15) is 0 Å². The fraction of sp³-hybridized carbons (Fsp3) is 0. The summed E-state index contributed by atoms with van der Waals surface area (Å²) in [6.07, 6.45) is 0. The van der Waals surface area contributed by atoms with Crippen LogP contribution in [0.3, 0.4) is 0 Å². The van der Waals surface area contributed by atoms with Crippen molar-refractivity contribution in [2.45, 2.75) is 0 Å². The van der Waals surface area contributed by atoms with E-state index >= 15 is 0 Å². The molecule has 11 aromatic carbocycles. The third-order valence-electron chi connectivity index (χ3n) is 14.2. The number of nitrogens with zero attached hydrogens (tertiary/aromatic N) is 2. The van der Waals surface area contributed by atoms with Gasteiger partial charge in [0.2, 0.25) is 0 Å². The number of para-hydroxylation sites is 5. The minimum atomic E-state index is 0.891. The topological polar surface area (TPSA) is 23.0 Å².